The minimum Gasteiger partial charge on any atom is -0.357 e. The minimum atomic E-state index is -0.262. The van der Waals surface area contributed by atoms with Crippen molar-refractivity contribution in [2.24, 2.45) is 0 Å². The molecule has 0 bridgehead atoms. The van der Waals surface area contributed by atoms with Gasteiger partial charge in [-0.1, -0.05) is 42.6 Å². The maximum atomic E-state index is 13.2. The average molecular weight is 487 g/mol. The third kappa shape index (κ3) is 5.08. The number of fused-ring (bicyclic) bond motifs is 1. The van der Waals surface area contributed by atoms with Crippen molar-refractivity contribution in [3.63, 3.8) is 0 Å². The number of pyridine rings is 2. The van der Waals surface area contributed by atoms with Gasteiger partial charge in [-0.25, -0.2) is 4.98 Å². The number of nitrogens with zero attached hydrogens (tertiary/aromatic N) is 3. The first-order valence-electron chi connectivity index (χ1n) is 12.0. The third-order valence-electron chi connectivity index (χ3n) is 6.45. The van der Waals surface area contributed by atoms with Crippen LogP contribution < -0.4 is 15.6 Å². The Labute approximate surface area is 209 Å². The Bertz CT molecular complexity index is 1390. The van der Waals surface area contributed by atoms with E-state index in [0.717, 1.165) is 30.1 Å². The number of hydrogen-bond donors (Lipinski definition) is 1. The molecule has 0 aliphatic carbocycles. The molecule has 1 aliphatic heterocycles. The number of para-hydroxylation sites is 1. The number of rotatable bonds is 5. The second kappa shape index (κ2) is 10.3. The number of amides is 1. The molecule has 4 aromatic rings. The van der Waals surface area contributed by atoms with Gasteiger partial charge in [-0.2, -0.15) is 0 Å². The highest BCUT2D eigenvalue weighted by Crippen LogP contribution is 2.22. The number of carbonyl (C=O) groups excluding carboxylic acids is 1. The van der Waals surface area contributed by atoms with Crippen molar-refractivity contribution in [1.82, 2.24) is 14.9 Å². The van der Waals surface area contributed by atoms with E-state index in [0.29, 0.717) is 21.5 Å². The molecule has 3 heterocycles. The Morgan fingerprint density at radius 1 is 0.971 bits per heavy atom. The highest BCUT2D eigenvalue weighted by Gasteiger charge is 2.15. The number of halogens is 1. The lowest BCUT2D eigenvalue weighted by Gasteiger charge is -2.21. The van der Waals surface area contributed by atoms with Crippen LogP contribution >= 0.6 is 11.6 Å². The molecule has 0 atom stereocenters. The van der Waals surface area contributed by atoms with Crippen LogP contribution in [0.2, 0.25) is 5.02 Å². The lowest BCUT2D eigenvalue weighted by atomic mass is 10.1. The second-order valence-corrected chi connectivity index (χ2v) is 9.28. The minimum absolute atomic E-state index is 0.108. The van der Waals surface area contributed by atoms with Crippen LogP contribution in [0.25, 0.3) is 16.6 Å². The van der Waals surface area contributed by atoms with Gasteiger partial charge in [-0.05, 0) is 55.3 Å². The molecule has 35 heavy (non-hydrogen) atoms. The van der Waals surface area contributed by atoms with Gasteiger partial charge < -0.3 is 14.8 Å². The van der Waals surface area contributed by atoms with Crippen molar-refractivity contribution in [2.45, 2.75) is 32.2 Å². The molecule has 0 spiro atoms. The molecule has 2 aromatic heterocycles. The first kappa shape index (κ1) is 23.1. The lowest BCUT2D eigenvalue weighted by molar-refractivity contribution is 0.0950. The maximum absolute atomic E-state index is 13.2. The molecule has 1 amide bonds. The van der Waals surface area contributed by atoms with E-state index in [1.54, 1.807) is 36.7 Å². The predicted octanol–water partition coefficient (Wildman–Crippen LogP) is 5.35. The van der Waals surface area contributed by atoms with Gasteiger partial charge in [0, 0.05) is 53.7 Å². The third-order valence-corrected chi connectivity index (χ3v) is 6.69. The zero-order valence-electron chi connectivity index (χ0n) is 19.4. The summed E-state index contributed by atoms with van der Waals surface area (Å²) in [6, 6.07) is 18.7. The number of carbonyl (C=O) groups is 1. The number of benzene rings is 2. The Kier molecular flexibility index (Phi) is 6.82. The smallest absolute Gasteiger partial charge is 0.253 e. The van der Waals surface area contributed by atoms with Crippen molar-refractivity contribution >= 4 is 34.2 Å². The zero-order valence-corrected chi connectivity index (χ0v) is 20.2. The number of aromatic nitrogens is 2. The van der Waals surface area contributed by atoms with Gasteiger partial charge in [0.2, 0.25) is 0 Å². The molecule has 178 valence electrons. The quantitative estimate of drug-likeness (QED) is 0.413. The number of nitrogens with one attached hydrogen (secondary N) is 1. The van der Waals surface area contributed by atoms with E-state index < -0.39 is 0 Å². The van der Waals surface area contributed by atoms with Crippen molar-refractivity contribution in [3.05, 3.63) is 99.4 Å². The molecule has 0 radical (unpaired) electrons. The summed E-state index contributed by atoms with van der Waals surface area (Å²) >= 11 is 6.23. The second-order valence-electron chi connectivity index (χ2n) is 8.84. The molecular weight excluding hydrogens is 460 g/mol. The summed E-state index contributed by atoms with van der Waals surface area (Å²) in [5, 5.41) is 3.99. The van der Waals surface area contributed by atoms with Crippen LogP contribution in [0.15, 0.2) is 77.9 Å². The fourth-order valence-corrected chi connectivity index (χ4v) is 4.73. The standard InChI is InChI=1S/C28H27ClN4O2/c29-22-11-12-24-25(16-22)33(23-8-4-3-5-9-23)19-21(27(24)34)18-31-28(35)20-10-13-26(30-17-20)32-14-6-1-2-7-15-32/h3-5,8-13,16-17,19H,1-2,6-7,14-15,18H2,(H,31,35). The Hall–Kier alpha value is -3.64. The van der Waals surface area contributed by atoms with Crippen LogP contribution in [0.1, 0.15) is 41.6 Å². The van der Waals surface area contributed by atoms with Crippen LogP contribution in [-0.2, 0) is 6.54 Å². The lowest BCUT2D eigenvalue weighted by Crippen LogP contribution is -2.28. The van der Waals surface area contributed by atoms with Gasteiger partial charge in [0.25, 0.3) is 5.91 Å². The van der Waals surface area contributed by atoms with Crippen LogP contribution in [0.5, 0.6) is 0 Å². The molecule has 1 saturated heterocycles. The number of anilines is 1. The van der Waals surface area contributed by atoms with Crippen LogP contribution in [0.4, 0.5) is 5.82 Å². The van der Waals surface area contributed by atoms with E-state index >= 15 is 0 Å². The summed E-state index contributed by atoms with van der Waals surface area (Å²) < 4.78 is 1.93. The van der Waals surface area contributed by atoms with Gasteiger partial charge in [-0.3, -0.25) is 9.59 Å². The van der Waals surface area contributed by atoms with Gasteiger partial charge in [0.1, 0.15) is 5.82 Å². The van der Waals surface area contributed by atoms with E-state index in [-0.39, 0.29) is 17.9 Å². The van der Waals surface area contributed by atoms with Gasteiger partial charge >= 0.3 is 0 Å². The molecule has 0 saturated carbocycles. The molecule has 1 N–H and O–H groups in total. The van der Waals surface area contributed by atoms with Crippen LogP contribution in [0.3, 0.4) is 0 Å². The van der Waals surface area contributed by atoms with Crippen LogP contribution in [0, 0.1) is 0 Å². The van der Waals surface area contributed by atoms with E-state index in [9.17, 15) is 9.59 Å². The summed E-state index contributed by atoms with van der Waals surface area (Å²) in [5.74, 6) is 0.643. The van der Waals surface area contributed by atoms with Gasteiger partial charge in [0.15, 0.2) is 5.43 Å². The molecule has 1 aliphatic rings. The topological polar surface area (TPSA) is 67.2 Å². The van der Waals surface area contributed by atoms with E-state index in [1.807, 2.05) is 41.0 Å². The average Bonchev–Trinajstić information content (AvgIpc) is 3.18. The fraction of sp³-hybridized carbons (Fsp3) is 0.250. The Morgan fingerprint density at radius 2 is 1.74 bits per heavy atom. The molecule has 0 unspecified atom stereocenters. The van der Waals surface area contributed by atoms with E-state index in [4.69, 9.17) is 11.6 Å². The van der Waals surface area contributed by atoms with Gasteiger partial charge in [0.05, 0.1) is 11.1 Å². The van der Waals surface area contributed by atoms with Crippen molar-refractivity contribution in [1.29, 1.82) is 0 Å². The van der Waals surface area contributed by atoms with Gasteiger partial charge in [-0.15, -0.1) is 0 Å². The molecule has 6 nitrogen and oxygen atoms in total. The highest BCUT2D eigenvalue weighted by molar-refractivity contribution is 6.31. The van der Waals surface area contributed by atoms with Crippen molar-refractivity contribution < 1.29 is 4.79 Å². The summed E-state index contributed by atoms with van der Waals surface area (Å²) in [6.07, 6.45) is 8.23. The van der Waals surface area contributed by atoms with Crippen molar-refractivity contribution in [3.8, 4) is 5.69 Å². The SMILES string of the molecule is O=C(NCc1cn(-c2ccccc2)c2cc(Cl)ccc2c1=O)c1ccc(N2CCCCCC2)nc1. The normalized spacial score (nSPS) is 14.0. The summed E-state index contributed by atoms with van der Waals surface area (Å²) in [6.45, 7) is 2.11. The van der Waals surface area contributed by atoms with Crippen molar-refractivity contribution in [2.75, 3.05) is 18.0 Å². The highest BCUT2D eigenvalue weighted by atomic mass is 35.5. The molecule has 5 rings (SSSR count). The predicted molar refractivity (Wildman–Crippen MR) is 141 cm³/mol. The first-order valence-corrected chi connectivity index (χ1v) is 12.4. The maximum Gasteiger partial charge on any atom is 0.253 e. The Morgan fingerprint density at radius 3 is 2.46 bits per heavy atom. The molecule has 1 fully saturated rings. The largest absolute Gasteiger partial charge is 0.357 e. The monoisotopic (exact) mass is 486 g/mol. The fourth-order valence-electron chi connectivity index (χ4n) is 4.57. The zero-order chi connectivity index (χ0) is 24.2. The molecular formula is C28H27ClN4O2. The summed E-state index contributed by atoms with van der Waals surface area (Å²) in [5.41, 5.74) is 2.46. The Balaban J connectivity index is 1.38. The first-order chi connectivity index (χ1) is 17.1. The number of hydrogen-bond acceptors (Lipinski definition) is 4. The van der Waals surface area contributed by atoms with Crippen LogP contribution in [-0.4, -0.2) is 28.5 Å². The molecule has 2 aromatic carbocycles. The summed E-state index contributed by atoms with van der Waals surface area (Å²) in [7, 11) is 0. The van der Waals surface area contributed by atoms with E-state index in [2.05, 4.69) is 15.2 Å². The molecule has 7 heteroatoms. The summed E-state index contributed by atoms with van der Waals surface area (Å²) in [4.78, 5) is 32.8. The van der Waals surface area contributed by atoms with E-state index in [1.165, 1.54) is 25.7 Å².